The van der Waals surface area contributed by atoms with Gasteiger partial charge in [-0.3, -0.25) is 4.79 Å². The molecule has 10 nitrogen and oxygen atoms in total. The molecule has 3 N–H and O–H groups in total. The van der Waals surface area contributed by atoms with E-state index in [9.17, 15) is 4.79 Å². The molecular formula is C22H37NO9. The van der Waals surface area contributed by atoms with Crippen LogP contribution in [0.5, 0.6) is 5.75 Å². The van der Waals surface area contributed by atoms with Crippen LogP contribution in [0.4, 0.5) is 0 Å². The number of nitrogens with two attached hydrogens (primary N) is 1. The van der Waals surface area contributed by atoms with Gasteiger partial charge in [0.1, 0.15) is 5.75 Å². The van der Waals surface area contributed by atoms with Crippen LogP contribution in [0.3, 0.4) is 0 Å². The van der Waals surface area contributed by atoms with Gasteiger partial charge in [-0.15, -0.1) is 0 Å². The predicted octanol–water partition coefficient (Wildman–Crippen LogP) is 0.533. The van der Waals surface area contributed by atoms with Crippen LogP contribution in [0.2, 0.25) is 0 Å². The standard InChI is InChI=1S/C22H37NO9/c23-6-8-27-10-12-29-14-16-31-18-17-30-15-13-28-11-9-26-7-5-22(25)32-21-3-1-20(19-24)2-4-21/h1-4,24H,5-19,23H2. The fourth-order valence-electron chi connectivity index (χ4n) is 2.29. The van der Waals surface area contributed by atoms with Gasteiger partial charge in [0.15, 0.2) is 0 Å². The first-order chi connectivity index (χ1) is 15.8. The Hall–Kier alpha value is -1.63. The average Bonchev–Trinajstić information content (AvgIpc) is 2.81. The number of aliphatic hydroxyl groups excluding tert-OH is 1. The van der Waals surface area contributed by atoms with Crippen LogP contribution >= 0.6 is 0 Å². The van der Waals surface area contributed by atoms with E-state index in [0.717, 1.165) is 5.56 Å². The zero-order valence-corrected chi connectivity index (χ0v) is 18.7. The number of rotatable bonds is 22. The van der Waals surface area contributed by atoms with Gasteiger partial charge in [0.25, 0.3) is 0 Å². The van der Waals surface area contributed by atoms with Gasteiger partial charge in [-0.2, -0.15) is 0 Å². The molecule has 0 amide bonds. The average molecular weight is 460 g/mol. The molecule has 184 valence electrons. The molecule has 1 aromatic carbocycles. The Labute approximate surface area is 189 Å². The highest BCUT2D eigenvalue weighted by Gasteiger charge is 2.05. The first-order valence-electron chi connectivity index (χ1n) is 10.8. The second-order valence-electron chi connectivity index (χ2n) is 6.49. The highest BCUT2D eigenvalue weighted by atomic mass is 16.6. The van der Waals surface area contributed by atoms with E-state index in [1.165, 1.54) is 0 Å². The molecule has 0 bridgehead atoms. The molecule has 1 rings (SSSR count). The van der Waals surface area contributed by atoms with E-state index in [2.05, 4.69) is 0 Å². The molecule has 10 heteroatoms. The van der Waals surface area contributed by atoms with Crippen LogP contribution in [-0.4, -0.2) is 96.9 Å². The van der Waals surface area contributed by atoms with Crippen molar-refractivity contribution in [2.75, 3.05) is 85.8 Å². The molecule has 0 spiro atoms. The van der Waals surface area contributed by atoms with Gasteiger partial charge in [-0.25, -0.2) is 0 Å². The summed E-state index contributed by atoms with van der Waals surface area (Å²) in [4.78, 5) is 11.7. The van der Waals surface area contributed by atoms with Crippen molar-refractivity contribution in [2.45, 2.75) is 13.0 Å². The molecule has 0 aliphatic rings. The molecule has 0 aromatic heterocycles. The largest absolute Gasteiger partial charge is 0.426 e. The molecule has 32 heavy (non-hydrogen) atoms. The minimum Gasteiger partial charge on any atom is -0.426 e. The molecule has 0 radical (unpaired) electrons. The summed E-state index contributed by atoms with van der Waals surface area (Å²) in [6.45, 7) is 6.11. The molecule has 0 saturated carbocycles. The van der Waals surface area contributed by atoms with Gasteiger partial charge in [0.05, 0.1) is 92.3 Å². The van der Waals surface area contributed by atoms with E-state index in [4.69, 9.17) is 44.0 Å². The Bertz CT molecular complexity index is 557. The van der Waals surface area contributed by atoms with E-state index in [1.807, 2.05) is 0 Å². The molecule has 0 unspecified atom stereocenters. The van der Waals surface area contributed by atoms with E-state index in [0.29, 0.717) is 85.0 Å². The number of benzene rings is 1. The second kappa shape index (κ2) is 21.2. The Morgan fingerprint density at radius 1 is 0.656 bits per heavy atom. The third-order valence-electron chi connectivity index (χ3n) is 3.91. The van der Waals surface area contributed by atoms with Gasteiger partial charge < -0.3 is 44.0 Å². The van der Waals surface area contributed by atoms with Crippen LogP contribution in [0.15, 0.2) is 24.3 Å². The lowest BCUT2D eigenvalue weighted by Gasteiger charge is -2.08. The minimum absolute atomic E-state index is 0.0475. The van der Waals surface area contributed by atoms with Crippen LogP contribution < -0.4 is 10.5 Å². The highest BCUT2D eigenvalue weighted by molar-refractivity contribution is 5.72. The number of hydrogen-bond acceptors (Lipinski definition) is 10. The van der Waals surface area contributed by atoms with Crippen molar-refractivity contribution >= 4 is 5.97 Å². The lowest BCUT2D eigenvalue weighted by molar-refractivity contribution is -0.135. The van der Waals surface area contributed by atoms with Gasteiger partial charge >= 0.3 is 5.97 Å². The number of hydrogen-bond donors (Lipinski definition) is 2. The summed E-state index contributed by atoms with van der Waals surface area (Å²) in [6, 6.07) is 6.69. The van der Waals surface area contributed by atoms with Crippen LogP contribution in [0, 0.1) is 0 Å². The van der Waals surface area contributed by atoms with Crippen LogP contribution in [0.25, 0.3) is 0 Å². The van der Waals surface area contributed by atoms with Crippen molar-refractivity contribution in [3.8, 4) is 5.75 Å². The number of carbonyl (C=O) groups is 1. The molecular weight excluding hydrogens is 422 g/mol. The summed E-state index contributed by atoms with van der Waals surface area (Å²) in [5.74, 6) is 0.0693. The maximum absolute atomic E-state index is 11.7. The van der Waals surface area contributed by atoms with Crippen molar-refractivity contribution in [1.29, 1.82) is 0 Å². The summed E-state index contributed by atoms with van der Waals surface area (Å²) in [5, 5.41) is 8.98. The summed E-state index contributed by atoms with van der Waals surface area (Å²) in [7, 11) is 0. The van der Waals surface area contributed by atoms with Crippen molar-refractivity contribution in [2.24, 2.45) is 5.73 Å². The molecule has 0 saturated heterocycles. The van der Waals surface area contributed by atoms with Crippen LogP contribution in [0.1, 0.15) is 12.0 Å². The molecule has 0 atom stereocenters. The van der Waals surface area contributed by atoms with Gasteiger partial charge in [0.2, 0.25) is 0 Å². The maximum atomic E-state index is 11.7. The van der Waals surface area contributed by atoms with E-state index in [1.54, 1.807) is 24.3 Å². The maximum Gasteiger partial charge on any atom is 0.313 e. The number of aliphatic hydroxyl groups is 1. The Morgan fingerprint density at radius 2 is 1.06 bits per heavy atom. The van der Waals surface area contributed by atoms with Gasteiger partial charge in [0, 0.05) is 6.54 Å². The van der Waals surface area contributed by atoms with Crippen molar-refractivity contribution in [3.63, 3.8) is 0 Å². The molecule has 0 aliphatic carbocycles. The SMILES string of the molecule is NCCOCCOCCOCCOCCOCCOCCC(=O)Oc1ccc(CO)cc1. The first kappa shape index (κ1) is 28.4. The zero-order valence-electron chi connectivity index (χ0n) is 18.7. The third kappa shape index (κ3) is 17.0. The molecule has 1 aromatic rings. The van der Waals surface area contributed by atoms with Crippen molar-refractivity contribution in [3.05, 3.63) is 29.8 Å². The number of ether oxygens (including phenoxy) is 7. The molecule has 0 aliphatic heterocycles. The molecule has 0 heterocycles. The Morgan fingerprint density at radius 3 is 1.47 bits per heavy atom. The van der Waals surface area contributed by atoms with E-state index in [-0.39, 0.29) is 25.6 Å². The van der Waals surface area contributed by atoms with Gasteiger partial charge in [-0.05, 0) is 17.7 Å². The summed E-state index contributed by atoms with van der Waals surface area (Å²) in [5.41, 5.74) is 6.06. The van der Waals surface area contributed by atoms with E-state index >= 15 is 0 Å². The smallest absolute Gasteiger partial charge is 0.313 e. The van der Waals surface area contributed by atoms with E-state index < -0.39 is 0 Å². The fourth-order valence-corrected chi connectivity index (χ4v) is 2.29. The van der Waals surface area contributed by atoms with Gasteiger partial charge in [-0.1, -0.05) is 12.1 Å². The summed E-state index contributed by atoms with van der Waals surface area (Å²) < 4.78 is 37.2. The predicted molar refractivity (Wildman–Crippen MR) is 117 cm³/mol. The number of esters is 1. The first-order valence-corrected chi connectivity index (χ1v) is 10.8. The normalized spacial score (nSPS) is 11.1. The third-order valence-corrected chi connectivity index (χ3v) is 3.91. The minimum atomic E-state index is -0.374. The Balaban J connectivity index is 1.77. The van der Waals surface area contributed by atoms with Crippen molar-refractivity contribution in [1.82, 2.24) is 0 Å². The van der Waals surface area contributed by atoms with Crippen LogP contribution in [-0.2, 0) is 39.8 Å². The quantitative estimate of drug-likeness (QED) is 0.144. The number of carbonyl (C=O) groups excluding carboxylic acids is 1. The Kier molecular flexibility index (Phi) is 18.8. The topological polar surface area (TPSA) is 128 Å². The summed E-state index contributed by atoms with van der Waals surface area (Å²) >= 11 is 0. The summed E-state index contributed by atoms with van der Waals surface area (Å²) in [6.07, 6.45) is 0.151. The second-order valence-corrected chi connectivity index (χ2v) is 6.49. The fraction of sp³-hybridized carbons (Fsp3) is 0.682. The monoisotopic (exact) mass is 459 g/mol. The van der Waals surface area contributed by atoms with Crippen molar-refractivity contribution < 1.29 is 43.1 Å². The lowest BCUT2D eigenvalue weighted by atomic mass is 10.2. The zero-order chi connectivity index (χ0) is 23.1. The lowest BCUT2D eigenvalue weighted by Crippen LogP contribution is -2.15. The highest BCUT2D eigenvalue weighted by Crippen LogP contribution is 2.12. The molecule has 0 fully saturated rings.